The van der Waals surface area contributed by atoms with Crippen molar-refractivity contribution in [2.24, 2.45) is 0 Å². The molecule has 1 aliphatic rings. The number of rotatable bonds is 6. The number of para-hydroxylation sites is 1. The van der Waals surface area contributed by atoms with Gasteiger partial charge in [-0.25, -0.2) is 0 Å². The maximum Gasteiger partial charge on any atom is 0.173 e. The highest BCUT2D eigenvalue weighted by atomic mass is 32.1. The molecule has 0 amide bonds. The molecule has 2 aromatic carbocycles. The van der Waals surface area contributed by atoms with Crippen molar-refractivity contribution in [3.63, 3.8) is 0 Å². The first kappa shape index (κ1) is 22.8. The van der Waals surface area contributed by atoms with Crippen LogP contribution >= 0.6 is 12.2 Å². The van der Waals surface area contributed by atoms with Gasteiger partial charge in [0.15, 0.2) is 5.11 Å². The Hall–Kier alpha value is -2.96. The third kappa shape index (κ3) is 4.93. The van der Waals surface area contributed by atoms with Crippen LogP contribution < -0.4 is 5.32 Å². The summed E-state index contributed by atoms with van der Waals surface area (Å²) >= 11 is 5.68. The molecule has 5 rings (SSSR count). The Morgan fingerprint density at radius 2 is 1.91 bits per heavy atom. The number of benzene rings is 2. The van der Waals surface area contributed by atoms with Gasteiger partial charge in [0.2, 0.25) is 0 Å². The van der Waals surface area contributed by atoms with Crippen molar-refractivity contribution >= 4 is 44.9 Å². The molecule has 34 heavy (non-hydrogen) atoms. The monoisotopic (exact) mass is 472 g/mol. The van der Waals surface area contributed by atoms with Gasteiger partial charge in [0.25, 0.3) is 0 Å². The molecular formula is C28H32N4OS. The molecule has 1 fully saturated rings. The number of hydrogen-bond donors (Lipinski definition) is 1. The van der Waals surface area contributed by atoms with E-state index in [2.05, 4.69) is 76.5 Å². The average Bonchev–Trinajstić information content (AvgIpc) is 3.17. The molecule has 6 heteroatoms. The van der Waals surface area contributed by atoms with Gasteiger partial charge in [0.05, 0.1) is 5.52 Å². The minimum Gasteiger partial charge on any atom is -0.461 e. The Labute approximate surface area is 206 Å². The number of aryl methyl sites for hydroxylation is 1. The second kappa shape index (κ2) is 10.1. The number of furan rings is 1. The molecule has 0 atom stereocenters. The molecular weight excluding hydrogens is 440 g/mol. The Morgan fingerprint density at radius 1 is 1.09 bits per heavy atom. The molecule has 0 unspecified atom stereocenters. The number of pyridine rings is 1. The van der Waals surface area contributed by atoms with Crippen molar-refractivity contribution in [2.45, 2.75) is 39.2 Å². The number of nitrogens with zero attached hydrogens (tertiary/aromatic N) is 3. The van der Waals surface area contributed by atoms with E-state index >= 15 is 0 Å². The second-order valence-electron chi connectivity index (χ2n) is 9.30. The number of likely N-dealkylation sites (N-methyl/N-ethyl adjacent to an activating group) is 1. The van der Waals surface area contributed by atoms with Crippen LogP contribution in [0.3, 0.4) is 0 Å². The van der Waals surface area contributed by atoms with Gasteiger partial charge >= 0.3 is 0 Å². The van der Waals surface area contributed by atoms with E-state index in [0.717, 1.165) is 60.3 Å². The van der Waals surface area contributed by atoms with Crippen LogP contribution in [0, 0.1) is 6.92 Å². The number of thiocarbonyl (C=S) groups is 1. The van der Waals surface area contributed by atoms with Gasteiger partial charge in [-0.1, -0.05) is 18.2 Å². The van der Waals surface area contributed by atoms with E-state index in [1.165, 1.54) is 41.2 Å². The quantitative estimate of drug-likeness (QED) is 0.340. The molecule has 3 heterocycles. The number of likely N-dealkylation sites (tertiary alicyclic amines) is 1. The lowest BCUT2D eigenvalue weighted by molar-refractivity contribution is 0.332. The van der Waals surface area contributed by atoms with Crippen molar-refractivity contribution in [1.29, 1.82) is 0 Å². The fourth-order valence-electron chi connectivity index (χ4n) is 4.92. The van der Waals surface area contributed by atoms with Crippen molar-refractivity contribution < 1.29 is 4.42 Å². The zero-order chi connectivity index (χ0) is 23.5. The minimum atomic E-state index is 0.824. The summed E-state index contributed by atoms with van der Waals surface area (Å²) in [5, 5.41) is 6.68. The van der Waals surface area contributed by atoms with Crippen LogP contribution in [0.5, 0.6) is 0 Å². The third-order valence-corrected chi connectivity index (χ3v) is 7.17. The SMILES string of the molecule is Cc1oc2ccc(NC(=S)N3CCCCC3)cc2c1CCN(C)Cc1ccnc2ccccc12. The van der Waals surface area contributed by atoms with Crippen molar-refractivity contribution in [2.75, 3.05) is 32.0 Å². The Kier molecular flexibility index (Phi) is 6.79. The summed E-state index contributed by atoms with van der Waals surface area (Å²) in [6, 6.07) is 16.8. The summed E-state index contributed by atoms with van der Waals surface area (Å²) < 4.78 is 6.09. The molecule has 1 aliphatic heterocycles. The standard InChI is InChI=1S/C28H32N4OS/c1-20-23(13-17-31(2)19-21-12-14-29-26-9-5-4-8-24(21)26)25-18-22(10-11-27(25)33-20)30-28(34)32-15-6-3-7-16-32/h4-5,8-12,14,18H,3,6-7,13,15-17,19H2,1-2H3,(H,30,34). The van der Waals surface area contributed by atoms with E-state index in [1.54, 1.807) is 0 Å². The molecule has 5 nitrogen and oxygen atoms in total. The number of fused-ring (bicyclic) bond motifs is 2. The van der Waals surface area contributed by atoms with E-state index in [-0.39, 0.29) is 0 Å². The number of anilines is 1. The number of nitrogens with one attached hydrogen (secondary N) is 1. The maximum absolute atomic E-state index is 6.09. The zero-order valence-electron chi connectivity index (χ0n) is 20.0. The highest BCUT2D eigenvalue weighted by molar-refractivity contribution is 7.80. The van der Waals surface area contributed by atoms with Gasteiger partial charge < -0.3 is 19.5 Å². The second-order valence-corrected chi connectivity index (χ2v) is 9.69. The number of piperidine rings is 1. The smallest absolute Gasteiger partial charge is 0.173 e. The fraction of sp³-hybridized carbons (Fsp3) is 0.357. The van der Waals surface area contributed by atoms with Crippen LogP contribution in [-0.2, 0) is 13.0 Å². The normalized spacial score (nSPS) is 14.3. The van der Waals surface area contributed by atoms with E-state index in [9.17, 15) is 0 Å². The van der Waals surface area contributed by atoms with Crippen LogP contribution in [0.25, 0.3) is 21.9 Å². The lowest BCUT2D eigenvalue weighted by atomic mass is 10.1. The van der Waals surface area contributed by atoms with Gasteiger partial charge in [0.1, 0.15) is 11.3 Å². The predicted octanol–water partition coefficient (Wildman–Crippen LogP) is 6.15. The van der Waals surface area contributed by atoms with Gasteiger partial charge in [0, 0.05) is 54.4 Å². The number of aromatic nitrogens is 1. The lowest BCUT2D eigenvalue weighted by Crippen LogP contribution is -2.38. The van der Waals surface area contributed by atoms with Crippen molar-refractivity contribution in [3.8, 4) is 0 Å². The van der Waals surface area contributed by atoms with Crippen molar-refractivity contribution in [1.82, 2.24) is 14.8 Å². The molecule has 176 valence electrons. The summed E-state index contributed by atoms with van der Waals surface area (Å²) in [6.45, 7) is 5.98. The fourth-order valence-corrected chi connectivity index (χ4v) is 5.22. The molecule has 0 bridgehead atoms. The lowest BCUT2D eigenvalue weighted by Gasteiger charge is -2.29. The summed E-state index contributed by atoms with van der Waals surface area (Å²) in [5.41, 5.74) is 5.59. The summed E-state index contributed by atoms with van der Waals surface area (Å²) in [7, 11) is 2.18. The van der Waals surface area contributed by atoms with Gasteiger partial charge in [-0.15, -0.1) is 0 Å². The third-order valence-electron chi connectivity index (χ3n) is 6.81. The Balaban J connectivity index is 1.28. The highest BCUT2D eigenvalue weighted by Crippen LogP contribution is 2.29. The Bertz CT molecular complexity index is 1300. The number of hydrogen-bond acceptors (Lipinski definition) is 4. The van der Waals surface area contributed by atoms with Crippen LogP contribution in [0.15, 0.2) is 59.1 Å². The molecule has 0 radical (unpaired) electrons. The molecule has 0 spiro atoms. The summed E-state index contributed by atoms with van der Waals surface area (Å²) in [4.78, 5) is 9.14. The van der Waals surface area contributed by atoms with Crippen LogP contribution in [0.4, 0.5) is 5.69 Å². The Morgan fingerprint density at radius 3 is 2.76 bits per heavy atom. The van der Waals surface area contributed by atoms with E-state index < -0.39 is 0 Å². The molecule has 1 N–H and O–H groups in total. The molecule has 2 aromatic heterocycles. The molecule has 1 saturated heterocycles. The minimum absolute atomic E-state index is 0.824. The van der Waals surface area contributed by atoms with Gasteiger partial charge in [-0.3, -0.25) is 4.98 Å². The van der Waals surface area contributed by atoms with E-state index in [4.69, 9.17) is 16.6 Å². The average molecular weight is 473 g/mol. The first-order valence-corrected chi connectivity index (χ1v) is 12.6. The van der Waals surface area contributed by atoms with E-state index in [0.29, 0.717) is 0 Å². The van der Waals surface area contributed by atoms with Crippen LogP contribution in [-0.4, -0.2) is 46.6 Å². The largest absolute Gasteiger partial charge is 0.461 e. The van der Waals surface area contributed by atoms with Crippen LogP contribution in [0.2, 0.25) is 0 Å². The first-order valence-electron chi connectivity index (χ1n) is 12.2. The topological polar surface area (TPSA) is 44.5 Å². The van der Waals surface area contributed by atoms with E-state index in [1.807, 2.05) is 12.3 Å². The molecule has 0 aliphatic carbocycles. The van der Waals surface area contributed by atoms with Gasteiger partial charge in [-0.05, 0) is 87.8 Å². The van der Waals surface area contributed by atoms with Crippen LogP contribution in [0.1, 0.15) is 36.1 Å². The molecule has 4 aromatic rings. The maximum atomic E-state index is 6.09. The van der Waals surface area contributed by atoms with Gasteiger partial charge in [-0.2, -0.15) is 0 Å². The first-order chi connectivity index (χ1) is 16.6. The predicted molar refractivity (Wildman–Crippen MR) is 144 cm³/mol. The summed E-state index contributed by atoms with van der Waals surface area (Å²) in [5.74, 6) is 0.994. The van der Waals surface area contributed by atoms with Crippen molar-refractivity contribution in [3.05, 3.63) is 71.6 Å². The summed E-state index contributed by atoms with van der Waals surface area (Å²) in [6.07, 6.45) is 6.57. The molecule has 0 saturated carbocycles. The zero-order valence-corrected chi connectivity index (χ0v) is 20.8. The highest BCUT2D eigenvalue weighted by Gasteiger charge is 2.16.